The third kappa shape index (κ3) is 3.11. The molecule has 0 radical (unpaired) electrons. The fraction of sp³-hybridized carbons (Fsp3) is 0.231. The van der Waals surface area contributed by atoms with Crippen LogP contribution >= 0.6 is 11.6 Å². The number of aryl methyl sites for hydroxylation is 1. The van der Waals surface area contributed by atoms with Crippen molar-refractivity contribution in [3.63, 3.8) is 0 Å². The summed E-state index contributed by atoms with van der Waals surface area (Å²) in [5.74, 6) is 0.520. The van der Waals surface area contributed by atoms with E-state index in [-0.39, 0.29) is 5.97 Å². The highest BCUT2D eigenvalue weighted by Gasteiger charge is 2.06. The maximum Gasteiger partial charge on any atom is 0.305 e. The molecular weight excluding hydrogens is 252 g/mol. The molecule has 0 bridgehead atoms. The number of hydrogen-bond donors (Lipinski definition) is 1. The van der Waals surface area contributed by atoms with Gasteiger partial charge in [0.25, 0.3) is 0 Å². The molecule has 1 aromatic heterocycles. The van der Waals surface area contributed by atoms with Gasteiger partial charge in [-0.05, 0) is 12.1 Å². The van der Waals surface area contributed by atoms with Gasteiger partial charge in [-0.15, -0.1) is 0 Å². The van der Waals surface area contributed by atoms with E-state index in [1.165, 1.54) is 7.11 Å². The number of nitrogens with one attached hydrogen (secondary N) is 1. The van der Waals surface area contributed by atoms with Crippen LogP contribution in [0, 0.1) is 0 Å². The fourth-order valence-corrected chi connectivity index (χ4v) is 1.81. The number of H-pyrrole nitrogens is 1. The lowest BCUT2D eigenvalue weighted by Crippen LogP contribution is -2.02. The number of rotatable bonds is 4. The van der Waals surface area contributed by atoms with E-state index in [4.69, 9.17) is 11.6 Å². The van der Waals surface area contributed by atoms with Crippen molar-refractivity contribution in [2.24, 2.45) is 0 Å². The normalized spacial score (nSPS) is 10.3. The standard InChI is InChI=1S/C13H13ClN2O2/c1-18-13(17)6-5-12-15-8-11(16-12)9-3-2-4-10(14)7-9/h2-4,7-8H,5-6H2,1H3,(H,15,16). The molecule has 2 aromatic rings. The number of carbonyl (C=O) groups is 1. The second-order valence-corrected chi connectivity index (χ2v) is 4.27. The van der Waals surface area contributed by atoms with Gasteiger partial charge in [0.2, 0.25) is 0 Å². The molecule has 0 unspecified atom stereocenters. The topological polar surface area (TPSA) is 55.0 Å². The lowest BCUT2D eigenvalue weighted by atomic mass is 10.2. The molecule has 0 amide bonds. The summed E-state index contributed by atoms with van der Waals surface area (Å²) in [6.45, 7) is 0. The Kier molecular flexibility index (Phi) is 3.99. The number of aromatic nitrogens is 2. The third-order valence-electron chi connectivity index (χ3n) is 2.56. The first kappa shape index (κ1) is 12.6. The molecule has 0 atom stereocenters. The van der Waals surface area contributed by atoms with E-state index in [1.54, 1.807) is 6.20 Å². The summed E-state index contributed by atoms with van der Waals surface area (Å²) in [5.41, 5.74) is 1.86. The van der Waals surface area contributed by atoms with Crippen LogP contribution < -0.4 is 0 Å². The fourth-order valence-electron chi connectivity index (χ4n) is 1.61. The molecule has 0 saturated heterocycles. The van der Waals surface area contributed by atoms with E-state index < -0.39 is 0 Å². The van der Waals surface area contributed by atoms with Crippen molar-refractivity contribution >= 4 is 17.6 Å². The van der Waals surface area contributed by atoms with E-state index in [0.29, 0.717) is 17.9 Å². The van der Waals surface area contributed by atoms with Crippen molar-refractivity contribution in [3.8, 4) is 11.3 Å². The summed E-state index contributed by atoms with van der Waals surface area (Å²) in [5, 5.41) is 0.679. The monoisotopic (exact) mass is 264 g/mol. The van der Waals surface area contributed by atoms with E-state index in [2.05, 4.69) is 14.7 Å². The average molecular weight is 265 g/mol. The Morgan fingerprint density at radius 1 is 1.50 bits per heavy atom. The first-order valence-electron chi connectivity index (χ1n) is 5.55. The third-order valence-corrected chi connectivity index (χ3v) is 2.79. The van der Waals surface area contributed by atoms with Crippen LogP contribution in [0.5, 0.6) is 0 Å². The molecule has 0 fully saturated rings. The highest BCUT2D eigenvalue weighted by atomic mass is 35.5. The zero-order valence-corrected chi connectivity index (χ0v) is 10.7. The van der Waals surface area contributed by atoms with Gasteiger partial charge in [-0.3, -0.25) is 4.79 Å². The minimum atomic E-state index is -0.240. The van der Waals surface area contributed by atoms with Crippen LogP contribution in [0.4, 0.5) is 0 Å². The van der Waals surface area contributed by atoms with Gasteiger partial charge in [0, 0.05) is 17.0 Å². The first-order chi connectivity index (χ1) is 8.69. The summed E-state index contributed by atoms with van der Waals surface area (Å²) in [6.07, 6.45) is 2.59. The van der Waals surface area contributed by atoms with Crippen molar-refractivity contribution in [2.45, 2.75) is 12.8 Å². The smallest absolute Gasteiger partial charge is 0.305 e. The molecule has 0 aliphatic heterocycles. The molecule has 0 saturated carbocycles. The van der Waals surface area contributed by atoms with Gasteiger partial charge in [-0.25, -0.2) is 4.98 Å². The van der Waals surface area contributed by atoms with Crippen molar-refractivity contribution in [1.29, 1.82) is 0 Å². The molecule has 1 heterocycles. The predicted molar refractivity (Wildman–Crippen MR) is 69.4 cm³/mol. The maximum atomic E-state index is 11.0. The number of halogens is 1. The number of nitrogens with zero attached hydrogens (tertiary/aromatic N) is 1. The number of hydrogen-bond acceptors (Lipinski definition) is 3. The lowest BCUT2D eigenvalue weighted by molar-refractivity contribution is -0.140. The number of ether oxygens (including phenoxy) is 1. The summed E-state index contributed by atoms with van der Waals surface area (Å²) < 4.78 is 4.58. The highest BCUT2D eigenvalue weighted by Crippen LogP contribution is 2.21. The van der Waals surface area contributed by atoms with Crippen molar-refractivity contribution < 1.29 is 9.53 Å². The van der Waals surface area contributed by atoms with Gasteiger partial charge in [0.05, 0.1) is 25.4 Å². The number of aromatic amines is 1. The van der Waals surface area contributed by atoms with Crippen LogP contribution in [0.1, 0.15) is 12.2 Å². The highest BCUT2D eigenvalue weighted by molar-refractivity contribution is 6.30. The first-order valence-corrected chi connectivity index (χ1v) is 5.93. The largest absolute Gasteiger partial charge is 0.469 e. The zero-order valence-electron chi connectivity index (χ0n) is 9.94. The Labute approximate surface area is 110 Å². The number of benzene rings is 1. The molecular formula is C13H13ClN2O2. The Hall–Kier alpha value is -1.81. The van der Waals surface area contributed by atoms with Gasteiger partial charge in [0.15, 0.2) is 0 Å². The van der Waals surface area contributed by atoms with Crippen LogP contribution in [-0.4, -0.2) is 23.0 Å². The van der Waals surface area contributed by atoms with Crippen molar-refractivity contribution in [1.82, 2.24) is 9.97 Å². The Bertz CT molecular complexity index is 551. The number of methoxy groups -OCH3 is 1. The summed E-state index contributed by atoms with van der Waals surface area (Å²) in [4.78, 5) is 18.4. The Morgan fingerprint density at radius 3 is 3.06 bits per heavy atom. The molecule has 0 aliphatic rings. The molecule has 18 heavy (non-hydrogen) atoms. The van der Waals surface area contributed by atoms with E-state index >= 15 is 0 Å². The molecule has 2 rings (SSSR count). The Morgan fingerprint density at radius 2 is 2.33 bits per heavy atom. The van der Waals surface area contributed by atoms with Crippen LogP contribution in [0.15, 0.2) is 30.5 Å². The molecule has 4 nitrogen and oxygen atoms in total. The second-order valence-electron chi connectivity index (χ2n) is 3.83. The zero-order chi connectivity index (χ0) is 13.0. The average Bonchev–Trinajstić information content (AvgIpc) is 2.84. The summed E-state index contributed by atoms with van der Waals surface area (Å²) in [7, 11) is 1.38. The molecule has 5 heteroatoms. The summed E-state index contributed by atoms with van der Waals surface area (Å²) >= 11 is 5.93. The molecule has 94 valence electrons. The lowest BCUT2D eigenvalue weighted by Gasteiger charge is -1.98. The van der Waals surface area contributed by atoms with E-state index in [9.17, 15) is 4.79 Å². The molecule has 1 N–H and O–H groups in total. The van der Waals surface area contributed by atoms with Gasteiger partial charge in [-0.2, -0.15) is 0 Å². The van der Waals surface area contributed by atoms with Gasteiger partial charge in [0.1, 0.15) is 5.82 Å². The number of esters is 1. The molecule has 0 spiro atoms. The molecule has 0 aliphatic carbocycles. The van der Waals surface area contributed by atoms with Gasteiger partial charge in [-0.1, -0.05) is 23.7 Å². The van der Waals surface area contributed by atoms with E-state index in [1.807, 2.05) is 24.3 Å². The van der Waals surface area contributed by atoms with Crippen LogP contribution in [-0.2, 0) is 16.0 Å². The maximum absolute atomic E-state index is 11.0. The van der Waals surface area contributed by atoms with Crippen LogP contribution in [0.25, 0.3) is 11.3 Å². The van der Waals surface area contributed by atoms with E-state index in [0.717, 1.165) is 17.1 Å². The minimum absolute atomic E-state index is 0.240. The number of carbonyl (C=O) groups excluding carboxylic acids is 1. The number of imidazole rings is 1. The predicted octanol–water partition coefficient (Wildman–Crippen LogP) is 2.84. The molecule has 1 aromatic carbocycles. The van der Waals surface area contributed by atoms with Gasteiger partial charge < -0.3 is 9.72 Å². The SMILES string of the molecule is COC(=O)CCc1ncc(-c2cccc(Cl)c2)[nH]1. The van der Waals surface area contributed by atoms with Crippen molar-refractivity contribution in [2.75, 3.05) is 7.11 Å². The minimum Gasteiger partial charge on any atom is -0.469 e. The Balaban J connectivity index is 2.08. The quantitative estimate of drug-likeness (QED) is 0.864. The van der Waals surface area contributed by atoms with Crippen LogP contribution in [0.2, 0.25) is 5.02 Å². The van der Waals surface area contributed by atoms with Crippen LogP contribution in [0.3, 0.4) is 0 Å². The van der Waals surface area contributed by atoms with Gasteiger partial charge >= 0.3 is 5.97 Å². The van der Waals surface area contributed by atoms with Crippen molar-refractivity contribution in [3.05, 3.63) is 41.3 Å². The summed E-state index contributed by atoms with van der Waals surface area (Å²) in [6, 6.07) is 7.51. The second kappa shape index (κ2) is 5.69.